The van der Waals surface area contributed by atoms with Gasteiger partial charge in [0.05, 0.1) is 32.0 Å². The molecule has 5 heteroatoms. The lowest BCUT2D eigenvalue weighted by atomic mass is 10.0. The number of aliphatic hydroxyl groups excluding tert-OH is 1. The number of ether oxygens (including phenoxy) is 3. The third-order valence-corrected chi connectivity index (χ3v) is 3.66. The molecule has 0 saturated heterocycles. The zero-order chi connectivity index (χ0) is 14.8. The highest BCUT2D eigenvalue weighted by Crippen LogP contribution is 2.48. The smallest absolute Gasteiger partial charge is 0.0897 e. The van der Waals surface area contributed by atoms with Crippen LogP contribution in [0.3, 0.4) is 0 Å². The van der Waals surface area contributed by atoms with E-state index < -0.39 is 6.10 Å². The average molecular weight is 289 g/mol. The molecule has 0 aliphatic heterocycles. The summed E-state index contributed by atoms with van der Waals surface area (Å²) in [5.41, 5.74) is 0.418. The molecule has 1 aliphatic rings. The van der Waals surface area contributed by atoms with E-state index >= 15 is 0 Å². The summed E-state index contributed by atoms with van der Waals surface area (Å²) < 4.78 is 15.9. The first-order valence-corrected chi connectivity index (χ1v) is 7.65. The highest BCUT2D eigenvalue weighted by atomic mass is 16.5. The summed E-state index contributed by atoms with van der Waals surface area (Å²) >= 11 is 0. The summed E-state index contributed by atoms with van der Waals surface area (Å²) in [5.74, 6) is 0. The van der Waals surface area contributed by atoms with Crippen molar-refractivity contribution < 1.29 is 19.3 Å². The second-order valence-electron chi connectivity index (χ2n) is 6.02. The minimum atomic E-state index is -0.452. The van der Waals surface area contributed by atoms with Crippen LogP contribution >= 0.6 is 0 Å². The fourth-order valence-electron chi connectivity index (χ4n) is 2.14. The maximum Gasteiger partial charge on any atom is 0.0897 e. The van der Waals surface area contributed by atoms with Crippen LogP contribution in [0.1, 0.15) is 33.1 Å². The van der Waals surface area contributed by atoms with Crippen LogP contribution in [-0.2, 0) is 14.2 Å². The maximum atomic E-state index is 9.80. The number of methoxy groups -OCH3 is 1. The molecule has 0 amide bonds. The normalized spacial score (nSPS) is 18.4. The first kappa shape index (κ1) is 17.9. The van der Waals surface area contributed by atoms with Crippen molar-refractivity contribution in [2.24, 2.45) is 5.41 Å². The molecular weight excluding hydrogens is 258 g/mol. The Morgan fingerprint density at radius 2 is 1.95 bits per heavy atom. The van der Waals surface area contributed by atoms with E-state index in [1.807, 2.05) is 13.8 Å². The zero-order valence-electron chi connectivity index (χ0n) is 13.2. The minimum absolute atomic E-state index is 0.229. The third-order valence-electron chi connectivity index (χ3n) is 3.66. The first-order valence-electron chi connectivity index (χ1n) is 7.65. The van der Waals surface area contributed by atoms with Gasteiger partial charge in [0.15, 0.2) is 0 Å². The molecular formula is C15H31NO4. The van der Waals surface area contributed by atoms with Gasteiger partial charge in [-0.2, -0.15) is 0 Å². The van der Waals surface area contributed by atoms with E-state index in [0.717, 1.165) is 19.6 Å². The molecule has 1 fully saturated rings. The molecule has 1 rings (SSSR count). The van der Waals surface area contributed by atoms with Crippen molar-refractivity contribution in [3.8, 4) is 0 Å². The molecule has 0 radical (unpaired) electrons. The van der Waals surface area contributed by atoms with E-state index in [1.165, 1.54) is 12.8 Å². The topological polar surface area (TPSA) is 60.0 Å². The highest BCUT2D eigenvalue weighted by Gasteiger charge is 2.41. The molecule has 20 heavy (non-hydrogen) atoms. The molecule has 0 aromatic carbocycles. The Bertz CT molecular complexity index is 244. The molecule has 1 aliphatic carbocycles. The third kappa shape index (κ3) is 8.17. The summed E-state index contributed by atoms with van der Waals surface area (Å²) in [7, 11) is 1.74. The van der Waals surface area contributed by atoms with Gasteiger partial charge in [-0.3, -0.25) is 0 Å². The van der Waals surface area contributed by atoms with Gasteiger partial charge in [0.25, 0.3) is 0 Å². The summed E-state index contributed by atoms with van der Waals surface area (Å²) in [6, 6.07) is 0. The summed E-state index contributed by atoms with van der Waals surface area (Å²) in [5, 5.41) is 13.1. The van der Waals surface area contributed by atoms with E-state index in [9.17, 15) is 5.11 Å². The van der Waals surface area contributed by atoms with Crippen molar-refractivity contribution in [3.63, 3.8) is 0 Å². The van der Waals surface area contributed by atoms with Gasteiger partial charge in [0.2, 0.25) is 0 Å². The molecule has 5 nitrogen and oxygen atoms in total. The average Bonchev–Trinajstić information content (AvgIpc) is 3.16. The molecule has 1 saturated carbocycles. The molecule has 1 atom stereocenters. The van der Waals surface area contributed by atoms with E-state index in [0.29, 0.717) is 31.8 Å². The van der Waals surface area contributed by atoms with Crippen LogP contribution in [0.5, 0.6) is 0 Å². The predicted octanol–water partition coefficient (Wildman–Crippen LogP) is 1.20. The van der Waals surface area contributed by atoms with Gasteiger partial charge in [-0.25, -0.2) is 0 Å². The summed E-state index contributed by atoms with van der Waals surface area (Å²) in [6.07, 6.45) is 3.42. The van der Waals surface area contributed by atoms with Crippen LogP contribution in [0.4, 0.5) is 0 Å². The van der Waals surface area contributed by atoms with E-state index in [1.54, 1.807) is 7.11 Å². The monoisotopic (exact) mass is 289 g/mol. The minimum Gasteiger partial charge on any atom is -0.389 e. The Kier molecular flexibility index (Phi) is 8.64. The molecule has 2 N–H and O–H groups in total. The standard InChI is InChI=1S/C15H31NO4/c1-13(2)20-9-8-19-11-14(17)10-16-12-15(4-5-15)6-7-18-3/h13-14,16-17H,4-12H2,1-3H3. The van der Waals surface area contributed by atoms with Gasteiger partial charge in [0, 0.05) is 26.8 Å². The van der Waals surface area contributed by atoms with Crippen molar-refractivity contribution in [1.29, 1.82) is 0 Å². The van der Waals surface area contributed by atoms with Crippen LogP contribution in [0, 0.1) is 5.41 Å². The number of hydrogen-bond donors (Lipinski definition) is 2. The fourth-order valence-corrected chi connectivity index (χ4v) is 2.14. The molecule has 0 bridgehead atoms. The fraction of sp³-hybridized carbons (Fsp3) is 1.00. The lowest BCUT2D eigenvalue weighted by Crippen LogP contribution is -2.34. The van der Waals surface area contributed by atoms with E-state index in [4.69, 9.17) is 14.2 Å². The molecule has 1 unspecified atom stereocenters. The predicted molar refractivity (Wildman–Crippen MR) is 78.9 cm³/mol. The van der Waals surface area contributed by atoms with E-state index in [-0.39, 0.29) is 6.10 Å². The van der Waals surface area contributed by atoms with Gasteiger partial charge < -0.3 is 24.6 Å². The second kappa shape index (κ2) is 9.68. The molecule has 0 spiro atoms. The quantitative estimate of drug-likeness (QED) is 0.499. The van der Waals surface area contributed by atoms with Gasteiger partial charge in [0.1, 0.15) is 0 Å². The first-order chi connectivity index (χ1) is 9.58. The van der Waals surface area contributed by atoms with Gasteiger partial charge in [-0.05, 0) is 38.5 Å². The van der Waals surface area contributed by atoms with Crippen LogP contribution in [0.25, 0.3) is 0 Å². The zero-order valence-corrected chi connectivity index (χ0v) is 13.2. The maximum absolute atomic E-state index is 9.80. The number of aliphatic hydroxyl groups is 1. The lowest BCUT2D eigenvalue weighted by Gasteiger charge is -2.18. The van der Waals surface area contributed by atoms with Gasteiger partial charge >= 0.3 is 0 Å². The second-order valence-corrected chi connectivity index (χ2v) is 6.02. The van der Waals surface area contributed by atoms with Crippen LogP contribution < -0.4 is 5.32 Å². The van der Waals surface area contributed by atoms with E-state index in [2.05, 4.69) is 5.32 Å². The van der Waals surface area contributed by atoms with Crippen molar-refractivity contribution in [3.05, 3.63) is 0 Å². The van der Waals surface area contributed by atoms with Gasteiger partial charge in [-0.1, -0.05) is 0 Å². The Hall–Kier alpha value is -0.200. The Morgan fingerprint density at radius 3 is 2.55 bits per heavy atom. The Morgan fingerprint density at radius 1 is 1.20 bits per heavy atom. The van der Waals surface area contributed by atoms with Crippen LogP contribution in [0.2, 0.25) is 0 Å². The lowest BCUT2D eigenvalue weighted by molar-refractivity contribution is -0.0102. The number of rotatable bonds is 13. The number of nitrogens with one attached hydrogen (secondary N) is 1. The van der Waals surface area contributed by atoms with Crippen molar-refractivity contribution in [2.45, 2.75) is 45.3 Å². The Balaban J connectivity index is 1.93. The highest BCUT2D eigenvalue weighted by molar-refractivity contribution is 4.94. The molecule has 0 aromatic rings. The van der Waals surface area contributed by atoms with Crippen molar-refractivity contribution in [1.82, 2.24) is 5.32 Å². The Labute approximate surface area is 123 Å². The van der Waals surface area contributed by atoms with Gasteiger partial charge in [-0.15, -0.1) is 0 Å². The van der Waals surface area contributed by atoms with Crippen LogP contribution in [-0.4, -0.2) is 63.9 Å². The molecule has 120 valence electrons. The number of hydrogen-bond acceptors (Lipinski definition) is 5. The molecule has 0 aromatic heterocycles. The largest absolute Gasteiger partial charge is 0.389 e. The van der Waals surface area contributed by atoms with Crippen LogP contribution in [0.15, 0.2) is 0 Å². The van der Waals surface area contributed by atoms with Crippen molar-refractivity contribution in [2.75, 3.05) is 46.6 Å². The SMILES string of the molecule is COCCC1(CNCC(O)COCCOC(C)C)CC1. The summed E-state index contributed by atoms with van der Waals surface area (Å²) in [6.45, 7) is 7.84. The summed E-state index contributed by atoms with van der Waals surface area (Å²) in [4.78, 5) is 0. The van der Waals surface area contributed by atoms with Crippen molar-refractivity contribution >= 4 is 0 Å². The molecule has 0 heterocycles.